The second kappa shape index (κ2) is 6.59. The average Bonchev–Trinajstić information content (AvgIpc) is 3.02. The zero-order valence-corrected chi connectivity index (χ0v) is 14.9. The second-order valence-electron chi connectivity index (χ2n) is 7.10. The van der Waals surface area contributed by atoms with Crippen LogP contribution in [0, 0.1) is 12.8 Å². The van der Waals surface area contributed by atoms with Gasteiger partial charge in [0.25, 0.3) is 0 Å². The van der Waals surface area contributed by atoms with Gasteiger partial charge in [-0.1, -0.05) is 0 Å². The van der Waals surface area contributed by atoms with Gasteiger partial charge in [0.15, 0.2) is 11.5 Å². The Kier molecular flexibility index (Phi) is 4.29. The number of amides is 1. The summed E-state index contributed by atoms with van der Waals surface area (Å²) in [7, 11) is 2.11. The molecule has 0 aliphatic carbocycles. The molecule has 2 aliphatic rings. The topological polar surface area (TPSA) is 69.9 Å². The van der Waals surface area contributed by atoms with Crippen molar-refractivity contribution in [3.05, 3.63) is 18.0 Å². The highest BCUT2D eigenvalue weighted by Gasteiger charge is 2.30. The maximum Gasteiger partial charge on any atom is 0.225 e. The van der Waals surface area contributed by atoms with Crippen molar-refractivity contribution < 1.29 is 4.79 Å². The first-order valence-electron chi connectivity index (χ1n) is 9.03. The third-order valence-electron chi connectivity index (χ3n) is 5.39. The summed E-state index contributed by atoms with van der Waals surface area (Å²) in [6, 6.07) is 3.94. The van der Waals surface area contributed by atoms with Crippen LogP contribution in [0.25, 0.3) is 5.65 Å². The highest BCUT2D eigenvalue weighted by atomic mass is 16.2. The summed E-state index contributed by atoms with van der Waals surface area (Å²) in [4.78, 5) is 19.3. The number of nitrogens with zero attached hydrogens (tertiary/aromatic N) is 7. The molecule has 1 amide bonds. The van der Waals surface area contributed by atoms with Gasteiger partial charge in [-0.15, -0.1) is 15.3 Å². The van der Waals surface area contributed by atoms with Crippen molar-refractivity contribution >= 4 is 17.4 Å². The Hall–Kier alpha value is -2.22. The van der Waals surface area contributed by atoms with Gasteiger partial charge in [0, 0.05) is 45.2 Å². The van der Waals surface area contributed by atoms with E-state index in [1.54, 1.807) is 4.52 Å². The van der Waals surface area contributed by atoms with Crippen LogP contribution >= 0.6 is 0 Å². The lowest BCUT2D eigenvalue weighted by atomic mass is 9.95. The molecule has 134 valence electrons. The van der Waals surface area contributed by atoms with Gasteiger partial charge < -0.3 is 14.7 Å². The molecular weight excluding hydrogens is 318 g/mol. The van der Waals surface area contributed by atoms with Crippen LogP contribution in [0.4, 0.5) is 5.82 Å². The summed E-state index contributed by atoms with van der Waals surface area (Å²) < 4.78 is 1.77. The number of aryl methyl sites for hydroxylation is 1. The van der Waals surface area contributed by atoms with E-state index in [1.807, 2.05) is 24.0 Å². The molecule has 2 fully saturated rings. The molecule has 0 atom stereocenters. The molecule has 2 aromatic heterocycles. The number of aromatic nitrogens is 4. The van der Waals surface area contributed by atoms with Crippen LogP contribution in [0.2, 0.25) is 0 Å². The monoisotopic (exact) mass is 343 g/mol. The van der Waals surface area contributed by atoms with Gasteiger partial charge in [-0.3, -0.25) is 4.79 Å². The largest absolute Gasteiger partial charge is 0.355 e. The van der Waals surface area contributed by atoms with Crippen LogP contribution in [0.3, 0.4) is 0 Å². The molecule has 2 aromatic rings. The summed E-state index contributed by atoms with van der Waals surface area (Å²) in [5.41, 5.74) is 0.765. The van der Waals surface area contributed by atoms with Crippen molar-refractivity contribution in [3.63, 3.8) is 0 Å². The van der Waals surface area contributed by atoms with E-state index in [0.717, 1.165) is 69.4 Å². The number of hydrogen-bond acceptors (Lipinski definition) is 6. The number of hydrogen-bond donors (Lipinski definition) is 0. The van der Waals surface area contributed by atoms with Gasteiger partial charge in [-0.2, -0.15) is 4.52 Å². The maximum absolute atomic E-state index is 12.7. The van der Waals surface area contributed by atoms with E-state index >= 15 is 0 Å². The number of rotatable bonds is 2. The van der Waals surface area contributed by atoms with E-state index in [4.69, 9.17) is 0 Å². The van der Waals surface area contributed by atoms with Gasteiger partial charge in [0.2, 0.25) is 5.91 Å². The van der Waals surface area contributed by atoms with Crippen molar-refractivity contribution in [1.82, 2.24) is 29.6 Å². The van der Waals surface area contributed by atoms with Crippen LogP contribution in [-0.2, 0) is 4.79 Å². The third kappa shape index (κ3) is 3.18. The van der Waals surface area contributed by atoms with Crippen LogP contribution in [-0.4, -0.2) is 81.8 Å². The molecule has 2 aliphatic heterocycles. The minimum atomic E-state index is 0.153. The molecule has 0 saturated carbocycles. The zero-order valence-electron chi connectivity index (χ0n) is 14.9. The quantitative estimate of drug-likeness (QED) is 0.787. The lowest BCUT2D eigenvalue weighted by Crippen LogP contribution is -2.50. The van der Waals surface area contributed by atoms with Crippen molar-refractivity contribution in [1.29, 1.82) is 0 Å². The summed E-state index contributed by atoms with van der Waals surface area (Å²) in [5, 5.41) is 12.8. The summed E-state index contributed by atoms with van der Waals surface area (Å²) in [5.74, 6) is 2.21. The first-order chi connectivity index (χ1) is 12.1. The van der Waals surface area contributed by atoms with Gasteiger partial charge in [-0.25, -0.2) is 0 Å². The molecule has 25 heavy (non-hydrogen) atoms. The van der Waals surface area contributed by atoms with Crippen LogP contribution in [0.1, 0.15) is 18.7 Å². The second-order valence-corrected chi connectivity index (χ2v) is 7.10. The number of piperazine rings is 1. The molecule has 8 nitrogen and oxygen atoms in total. The molecular formula is C17H25N7O. The molecule has 0 N–H and O–H groups in total. The van der Waals surface area contributed by atoms with Crippen molar-refractivity contribution in [3.8, 4) is 0 Å². The number of anilines is 1. The molecule has 0 radical (unpaired) electrons. The molecule has 4 rings (SSSR count). The first-order valence-corrected chi connectivity index (χ1v) is 9.03. The van der Waals surface area contributed by atoms with E-state index in [-0.39, 0.29) is 5.92 Å². The van der Waals surface area contributed by atoms with E-state index < -0.39 is 0 Å². The smallest absolute Gasteiger partial charge is 0.225 e. The van der Waals surface area contributed by atoms with Gasteiger partial charge in [-0.05, 0) is 38.9 Å². The number of piperidine rings is 1. The molecule has 8 heteroatoms. The van der Waals surface area contributed by atoms with Crippen molar-refractivity contribution in [2.24, 2.45) is 5.92 Å². The Balaban J connectivity index is 1.38. The Bertz CT molecular complexity index is 757. The Labute approximate surface area is 147 Å². The molecule has 4 heterocycles. The predicted molar refractivity (Wildman–Crippen MR) is 94.5 cm³/mol. The Morgan fingerprint density at radius 1 is 1.04 bits per heavy atom. The maximum atomic E-state index is 12.7. The number of carbonyl (C=O) groups excluding carboxylic acids is 1. The van der Waals surface area contributed by atoms with Crippen molar-refractivity contribution in [2.45, 2.75) is 19.8 Å². The summed E-state index contributed by atoms with van der Waals surface area (Å²) in [6.07, 6.45) is 1.79. The third-order valence-corrected chi connectivity index (χ3v) is 5.39. The number of carbonyl (C=O) groups is 1. The number of likely N-dealkylation sites (N-methyl/N-ethyl adjacent to an activating group) is 1. The normalized spacial score (nSPS) is 20.4. The SMILES string of the molecule is Cc1nnc2ccc(N3CCC(C(=O)N4CCN(C)CC4)CC3)nn12. The highest BCUT2D eigenvalue weighted by Crippen LogP contribution is 2.24. The lowest BCUT2D eigenvalue weighted by molar-refractivity contribution is -0.137. The summed E-state index contributed by atoms with van der Waals surface area (Å²) >= 11 is 0. The van der Waals surface area contributed by atoms with Crippen LogP contribution < -0.4 is 4.90 Å². The summed E-state index contributed by atoms with van der Waals surface area (Å²) in [6.45, 7) is 7.31. The van der Waals surface area contributed by atoms with Gasteiger partial charge in [0.1, 0.15) is 5.82 Å². The van der Waals surface area contributed by atoms with E-state index in [9.17, 15) is 4.79 Å². The molecule has 0 bridgehead atoms. The lowest BCUT2D eigenvalue weighted by Gasteiger charge is -2.37. The highest BCUT2D eigenvalue weighted by molar-refractivity contribution is 5.79. The molecule has 0 aromatic carbocycles. The van der Waals surface area contributed by atoms with E-state index in [0.29, 0.717) is 5.91 Å². The molecule has 0 unspecified atom stereocenters. The molecule has 2 saturated heterocycles. The molecule has 0 spiro atoms. The van der Waals surface area contributed by atoms with Crippen molar-refractivity contribution in [2.75, 3.05) is 51.2 Å². The van der Waals surface area contributed by atoms with E-state index in [1.165, 1.54) is 0 Å². The number of fused-ring (bicyclic) bond motifs is 1. The van der Waals surface area contributed by atoms with Gasteiger partial charge >= 0.3 is 0 Å². The van der Waals surface area contributed by atoms with Gasteiger partial charge in [0.05, 0.1) is 0 Å². The minimum Gasteiger partial charge on any atom is -0.355 e. The standard InChI is InChI=1S/C17H25N7O/c1-13-18-19-15-3-4-16(20-24(13)15)22-7-5-14(6-8-22)17(25)23-11-9-21(2)10-12-23/h3-4,14H,5-12H2,1-2H3. The Morgan fingerprint density at radius 3 is 2.48 bits per heavy atom. The minimum absolute atomic E-state index is 0.153. The Morgan fingerprint density at radius 2 is 1.76 bits per heavy atom. The average molecular weight is 343 g/mol. The first kappa shape index (κ1) is 16.3. The fraction of sp³-hybridized carbons (Fsp3) is 0.647. The zero-order chi connectivity index (χ0) is 17.4. The van der Waals surface area contributed by atoms with Crippen LogP contribution in [0.5, 0.6) is 0 Å². The van der Waals surface area contributed by atoms with E-state index in [2.05, 4.69) is 32.1 Å². The fourth-order valence-corrected chi connectivity index (χ4v) is 3.70. The van der Waals surface area contributed by atoms with Crippen LogP contribution in [0.15, 0.2) is 12.1 Å². The fourth-order valence-electron chi connectivity index (χ4n) is 3.70. The predicted octanol–water partition coefficient (Wildman–Crippen LogP) is 0.423.